The van der Waals surface area contributed by atoms with Crippen LogP contribution in [0.3, 0.4) is 0 Å². The van der Waals surface area contributed by atoms with E-state index in [2.05, 4.69) is 20.6 Å². The molecule has 6 N–H and O–H groups in total. The van der Waals surface area contributed by atoms with Gasteiger partial charge in [0.25, 0.3) is 5.56 Å². The third-order valence-electron chi connectivity index (χ3n) is 9.79. The van der Waals surface area contributed by atoms with Gasteiger partial charge in [0.1, 0.15) is 48.1 Å². The number of ether oxygens (including phenoxy) is 3. The van der Waals surface area contributed by atoms with Crippen LogP contribution in [0.1, 0.15) is 100 Å². The first-order chi connectivity index (χ1) is 25.6. The van der Waals surface area contributed by atoms with E-state index in [9.17, 15) is 35.1 Å². The molecule has 5 heterocycles. The largest absolute Gasteiger partial charge is 0.396 e. The van der Waals surface area contributed by atoms with E-state index in [0.717, 1.165) is 34.9 Å². The lowest BCUT2D eigenvalue weighted by molar-refractivity contribution is -0.254. The average molecular weight is 751 g/mol. The van der Waals surface area contributed by atoms with Gasteiger partial charge in [-0.3, -0.25) is 13.9 Å². The van der Waals surface area contributed by atoms with Crippen molar-refractivity contribution in [2.75, 3.05) is 19.8 Å². The van der Waals surface area contributed by atoms with Crippen LogP contribution in [0.25, 0.3) is 0 Å². The summed E-state index contributed by atoms with van der Waals surface area (Å²) in [5.74, 6) is 0. The molecule has 2 fully saturated rings. The normalized spacial score (nSPS) is 26.1. The molecule has 0 aliphatic carbocycles. The standard InChI is InChI=1S/C34H54N8O11/c1-22-15-40(34(50)41(32(22)49)17-23-18-42(38-35-23)33-31(48)30(47)29(46)27(20-44)53-33)28-14-25(45)26(52-28)19-39-16-24(36-37-39)21-51-13-11-9-7-5-3-2-4-6-8-10-12-43/h15-16,18,25-31,33,43-48H,2-14,17,19-21H2,1H3/t25-,26+,27+,28+,29+,30-,31+,33+/m0/s1. The number of aliphatic hydroxyl groups excluding tert-OH is 6. The number of unbranched alkanes of at least 4 members (excludes halogenated alkanes) is 9. The van der Waals surface area contributed by atoms with Crippen LogP contribution in [0.2, 0.25) is 0 Å². The summed E-state index contributed by atoms with van der Waals surface area (Å²) in [5.41, 5.74) is -0.223. The lowest BCUT2D eigenvalue weighted by Gasteiger charge is -2.39. The number of hydrogen-bond acceptors (Lipinski definition) is 15. The van der Waals surface area contributed by atoms with Gasteiger partial charge < -0.3 is 44.8 Å². The van der Waals surface area contributed by atoms with E-state index < -0.39 is 66.9 Å². The van der Waals surface area contributed by atoms with Crippen molar-refractivity contribution < 1.29 is 44.8 Å². The molecule has 53 heavy (non-hydrogen) atoms. The molecular weight excluding hydrogens is 696 g/mol. The third kappa shape index (κ3) is 10.6. The first-order valence-electron chi connectivity index (χ1n) is 18.6. The zero-order chi connectivity index (χ0) is 37.9. The van der Waals surface area contributed by atoms with E-state index in [1.807, 2.05) is 0 Å². The lowest BCUT2D eigenvalue weighted by Crippen LogP contribution is -2.56. The van der Waals surface area contributed by atoms with E-state index in [1.54, 1.807) is 17.8 Å². The minimum Gasteiger partial charge on any atom is -0.396 e. The predicted molar refractivity (Wildman–Crippen MR) is 185 cm³/mol. The lowest BCUT2D eigenvalue weighted by atomic mass is 9.98. The SMILES string of the molecule is Cc1cn([C@H]2C[C@H](O)[C@@H](Cn3cc(COCCCCCCCCCCCCO)nn3)O2)c(=O)n(Cc2cn([C@@H]3O[C@H](CO)[C@@H](O)[C@H](O)[C@H]3O)nn2)c1=O. The van der Waals surface area contributed by atoms with Crippen LogP contribution in [0.4, 0.5) is 0 Å². The minimum atomic E-state index is -1.62. The van der Waals surface area contributed by atoms with Gasteiger partial charge in [-0.15, -0.1) is 10.2 Å². The van der Waals surface area contributed by atoms with Crippen LogP contribution in [0, 0.1) is 6.92 Å². The molecule has 3 aromatic heterocycles. The molecule has 0 saturated carbocycles. The van der Waals surface area contributed by atoms with Crippen molar-refractivity contribution in [3.63, 3.8) is 0 Å². The molecular formula is C34H54N8O11. The van der Waals surface area contributed by atoms with Crippen molar-refractivity contribution in [3.8, 4) is 0 Å². The summed E-state index contributed by atoms with van der Waals surface area (Å²) in [5, 5.41) is 76.0. The molecule has 2 saturated heterocycles. The van der Waals surface area contributed by atoms with E-state index in [-0.39, 0.29) is 37.4 Å². The number of aromatic nitrogens is 8. The van der Waals surface area contributed by atoms with Crippen molar-refractivity contribution in [3.05, 3.63) is 56.4 Å². The fraction of sp³-hybridized carbons (Fsp3) is 0.765. The Bertz CT molecular complexity index is 1680. The molecule has 0 radical (unpaired) electrons. The second kappa shape index (κ2) is 19.8. The Hall–Kier alpha value is -3.40. The summed E-state index contributed by atoms with van der Waals surface area (Å²) in [7, 11) is 0. The molecule has 0 aromatic carbocycles. The Morgan fingerprint density at radius 2 is 1.47 bits per heavy atom. The van der Waals surface area contributed by atoms with Gasteiger partial charge in [-0.05, 0) is 19.8 Å². The summed E-state index contributed by atoms with van der Waals surface area (Å²) in [6.07, 6.45) is 6.24. The fourth-order valence-corrected chi connectivity index (χ4v) is 6.71. The minimum absolute atomic E-state index is 0.0881. The second-order valence-electron chi connectivity index (χ2n) is 14.0. The van der Waals surface area contributed by atoms with Crippen molar-refractivity contribution in [1.82, 2.24) is 39.1 Å². The molecule has 19 heteroatoms. The van der Waals surface area contributed by atoms with Gasteiger partial charge in [0.15, 0.2) is 6.23 Å². The summed E-state index contributed by atoms with van der Waals surface area (Å²) < 4.78 is 22.2. The van der Waals surface area contributed by atoms with Gasteiger partial charge in [0, 0.05) is 31.4 Å². The molecule has 0 spiro atoms. The van der Waals surface area contributed by atoms with E-state index in [0.29, 0.717) is 18.9 Å². The van der Waals surface area contributed by atoms with Crippen LogP contribution in [0.15, 0.2) is 28.2 Å². The van der Waals surface area contributed by atoms with Gasteiger partial charge >= 0.3 is 5.69 Å². The van der Waals surface area contributed by atoms with Crippen molar-refractivity contribution >= 4 is 0 Å². The topological polar surface area (TPSA) is 254 Å². The third-order valence-corrected chi connectivity index (χ3v) is 9.79. The number of aliphatic hydroxyl groups is 6. The average Bonchev–Trinajstić information content (AvgIpc) is 3.90. The zero-order valence-corrected chi connectivity index (χ0v) is 30.2. The highest BCUT2D eigenvalue weighted by molar-refractivity contribution is 5.07. The maximum atomic E-state index is 13.6. The molecule has 3 aromatic rings. The Morgan fingerprint density at radius 1 is 0.792 bits per heavy atom. The van der Waals surface area contributed by atoms with Gasteiger partial charge in [-0.25, -0.2) is 14.2 Å². The van der Waals surface area contributed by atoms with E-state index in [1.165, 1.54) is 55.5 Å². The second-order valence-corrected chi connectivity index (χ2v) is 14.0. The van der Waals surface area contributed by atoms with Crippen LogP contribution in [0.5, 0.6) is 0 Å². The van der Waals surface area contributed by atoms with Crippen molar-refractivity contribution in [1.29, 1.82) is 0 Å². The number of nitrogens with zero attached hydrogens (tertiary/aromatic N) is 8. The quantitative estimate of drug-likeness (QED) is 0.0735. The van der Waals surface area contributed by atoms with Crippen molar-refractivity contribution in [2.45, 2.75) is 146 Å². The van der Waals surface area contributed by atoms with Crippen molar-refractivity contribution in [2.24, 2.45) is 0 Å². The first-order valence-corrected chi connectivity index (χ1v) is 18.6. The summed E-state index contributed by atoms with van der Waals surface area (Å²) in [6, 6.07) is 0. The maximum absolute atomic E-state index is 13.6. The molecule has 296 valence electrons. The van der Waals surface area contributed by atoms with Gasteiger partial charge in [-0.2, -0.15) is 0 Å². The monoisotopic (exact) mass is 750 g/mol. The molecule has 0 bridgehead atoms. The van der Waals surface area contributed by atoms with Gasteiger partial charge in [-0.1, -0.05) is 61.8 Å². The van der Waals surface area contributed by atoms with E-state index >= 15 is 0 Å². The Kier molecular flexibility index (Phi) is 15.2. The van der Waals surface area contributed by atoms with Gasteiger partial charge in [0.2, 0.25) is 0 Å². The highest BCUT2D eigenvalue weighted by atomic mass is 16.6. The van der Waals surface area contributed by atoms with Crippen LogP contribution >= 0.6 is 0 Å². The molecule has 8 atom stereocenters. The Morgan fingerprint density at radius 3 is 2.17 bits per heavy atom. The number of hydrogen-bond donors (Lipinski definition) is 6. The van der Waals surface area contributed by atoms with E-state index in [4.69, 9.17) is 19.3 Å². The molecule has 2 aliphatic rings. The molecule has 0 amide bonds. The summed E-state index contributed by atoms with van der Waals surface area (Å²) >= 11 is 0. The smallest absolute Gasteiger partial charge is 0.333 e. The van der Waals surface area contributed by atoms with Crippen LogP contribution in [-0.4, -0.2) is 126 Å². The zero-order valence-electron chi connectivity index (χ0n) is 30.2. The predicted octanol–water partition coefficient (Wildman–Crippen LogP) is -0.719. The Balaban J connectivity index is 1.10. The summed E-state index contributed by atoms with van der Waals surface area (Å²) in [4.78, 5) is 26.7. The fourth-order valence-electron chi connectivity index (χ4n) is 6.71. The van der Waals surface area contributed by atoms with Gasteiger partial charge in [0.05, 0.1) is 44.8 Å². The number of rotatable bonds is 21. The Labute approximate surface area is 306 Å². The molecule has 2 aliphatic heterocycles. The van der Waals surface area contributed by atoms with Crippen LogP contribution in [-0.2, 0) is 33.9 Å². The maximum Gasteiger partial charge on any atom is 0.333 e. The highest BCUT2D eigenvalue weighted by Gasteiger charge is 2.45. The highest BCUT2D eigenvalue weighted by Crippen LogP contribution is 2.29. The first kappa shape index (κ1) is 40.8. The van der Waals surface area contributed by atoms with Crippen LogP contribution < -0.4 is 11.2 Å². The summed E-state index contributed by atoms with van der Waals surface area (Å²) in [6.45, 7) is 2.05. The molecule has 19 nitrogen and oxygen atoms in total. The molecule has 0 unspecified atom stereocenters. The number of aryl methyl sites for hydroxylation is 1. The molecule has 5 rings (SSSR count).